The number of aromatic nitrogens is 1. The van der Waals surface area contributed by atoms with Crippen molar-refractivity contribution in [2.45, 2.75) is 0 Å². The predicted octanol–water partition coefficient (Wildman–Crippen LogP) is 3.17. The fraction of sp³-hybridized carbons (Fsp3) is 0. The molecule has 6 nitrogen and oxygen atoms in total. The van der Waals surface area contributed by atoms with E-state index in [2.05, 4.69) is 10.3 Å². The van der Waals surface area contributed by atoms with Crippen LogP contribution < -0.4 is 5.32 Å². The van der Waals surface area contributed by atoms with Crippen LogP contribution in [0.2, 0.25) is 5.15 Å². The fourth-order valence-electron chi connectivity index (χ4n) is 1.53. The van der Waals surface area contributed by atoms with Gasteiger partial charge in [-0.1, -0.05) is 17.7 Å². The molecule has 1 amide bonds. The molecule has 0 saturated carbocycles. The Kier molecular flexibility index (Phi) is 4.08. The van der Waals surface area contributed by atoms with Gasteiger partial charge in [0.25, 0.3) is 5.91 Å². The monoisotopic (exact) mass is 313 g/mol. The Morgan fingerprint density at radius 1 is 1.33 bits per heavy atom. The molecule has 2 aromatic rings. The first-order chi connectivity index (χ1) is 9.88. The molecule has 0 aliphatic heterocycles. The second-order valence-electron chi connectivity index (χ2n) is 3.84. The molecule has 1 aromatic carbocycles. The predicted molar refractivity (Wildman–Crippen MR) is 70.2 cm³/mol. The average Bonchev–Trinajstić information content (AvgIpc) is 2.40. The summed E-state index contributed by atoms with van der Waals surface area (Å²) in [4.78, 5) is 25.1. The van der Waals surface area contributed by atoms with E-state index in [-0.39, 0.29) is 11.0 Å². The summed E-state index contributed by atoms with van der Waals surface area (Å²) in [6.45, 7) is 0. The van der Waals surface area contributed by atoms with Crippen LogP contribution in [0.1, 0.15) is 10.4 Å². The first-order valence-corrected chi connectivity index (χ1v) is 5.83. The number of hydrogen-bond donors (Lipinski definition) is 1. The van der Waals surface area contributed by atoms with Gasteiger partial charge >= 0.3 is 5.69 Å². The van der Waals surface area contributed by atoms with Crippen molar-refractivity contribution in [1.82, 2.24) is 4.98 Å². The molecule has 0 atom stereocenters. The fourth-order valence-corrected chi connectivity index (χ4v) is 1.70. The van der Waals surface area contributed by atoms with Gasteiger partial charge in [0, 0.05) is 0 Å². The summed E-state index contributed by atoms with van der Waals surface area (Å²) in [7, 11) is 0. The van der Waals surface area contributed by atoms with Gasteiger partial charge in [-0.25, -0.2) is 9.37 Å². The number of nitro benzene ring substituents is 1. The third kappa shape index (κ3) is 3.29. The van der Waals surface area contributed by atoms with E-state index in [4.69, 9.17) is 11.6 Å². The van der Waals surface area contributed by atoms with Gasteiger partial charge in [-0.15, -0.1) is 0 Å². The highest BCUT2D eigenvalue weighted by Gasteiger charge is 2.24. The third-order valence-electron chi connectivity index (χ3n) is 2.42. The van der Waals surface area contributed by atoms with Gasteiger partial charge in [0.1, 0.15) is 16.8 Å². The zero-order valence-electron chi connectivity index (χ0n) is 10.1. The molecule has 0 aliphatic carbocycles. The molecule has 0 fully saturated rings. The molecule has 0 unspecified atom stereocenters. The van der Waals surface area contributed by atoms with E-state index in [9.17, 15) is 23.7 Å². The maximum atomic E-state index is 13.8. The number of benzene rings is 1. The average molecular weight is 314 g/mol. The number of anilines is 1. The smallest absolute Gasteiger partial charge is 0.306 e. The number of carbonyl (C=O) groups is 1. The quantitative estimate of drug-likeness (QED) is 0.536. The summed E-state index contributed by atoms with van der Waals surface area (Å²) < 4.78 is 27.1. The van der Waals surface area contributed by atoms with Gasteiger partial charge in [-0.3, -0.25) is 14.9 Å². The number of nitro groups is 1. The minimum absolute atomic E-state index is 0.00110. The van der Waals surface area contributed by atoms with Crippen molar-refractivity contribution in [1.29, 1.82) is 0 Å². The van der Waals surface area contributed by atoms with Crippen LogP contribution in [0.4, 0.5) is 20.3 Å². The molecule has 0 radical (unpaired) electrons. The molecule has 1 N–H and O–H groups in total. The standard InChI is InChI=1S/C12H6ClF2N3O3/c13-9-2-1-3-10(16-9)17-12(19)7-4-6(14)5-8(11(7)15)18(20)21/h1-5H,(H,16,17,19). The lowest BCUT2D eigenvalue weighted by Crippen LogP contribution is -2.16. The normalized spacial score (nSPS) is 10.2. The Morgan fingerprint density at radius 3 is 2.67 bits per heavy atom. The summed E-state index contributed by atoms with van der Waals surface area (Å²) in [5.41, 5.74) is -1.93. The van der Waals surface area contributed by atoms with E-state index in [0.717, 1.165) is 0 Å². The van der Waals surface area contributed by atoms with Crippen molar-refractivity contribution in [3.05, 3.63) is 62.8 Å². The number of nitrogens with one attached hydrogen (secondary N) is 1. The van der Waals surface area contributed by atoms with Crippen LogP contribution in [0, 0.1) is 21.7 Å². The zero-order valence-corrected chi connectivity index (χ0v) is 10.9. The second-order valence-corrected chi connectivity index (χ2v) is 4.23. The summed E-state index contributed by atoms with van der Waals surface area (Å²) in [5, 5.41) is 12.8. The zero-order chi connectivity index (χ0) is 15.6. The highest BCUT2D eigenvalue weighted by Crippen LogP contribution is 2.23. The molecular formula is C12H6ClF2N3O3. The molecule has 1 heterocycles. The largest absolute Gasteiger partial charge is 0.308 e. The number of halogens is 3. The molecule has 21 heavy (non-hydrogen) atoms. The maximum Gasteiger partial charge on any atom is 0.308 e. The molecule has 2 rings (SSSR count). The number of rotatable bonds is 3. The van der Waals surface area contributed by atoms with Crippen LogP contribution in [-0.2, 0) is 0 Å². The minimum Gasteiger partial charge on any atom is -0.306 e. The molecule has 9 heteroatoms. The number of amides is 1. The lowest BCUT2D eigenvalue weighted by Gasteiger charge is -2.06. The topological polar surface area (TPSA) is 85.1 Å². The first kappa shape index (κ1) is 14.8. The van der Waals surface area contributed by atoms with Gasteiger partial charge in [0.05, 0.1) is 16.6 Å². The Bertz CT molecular complexity index is 740. The molecule has 0 bridgehead atoms. The summed E-state index contributed by atoms with van der Waals surface area (Å²) >= 11 is 5.61. The third-order valence-corrected chi connectivity index (χ3v) is 2.63. The number of nitrogens with zero attached hydrogens (tertiary/aromatic N) is 2. The van der Waals surface area contributed by atoms with Crippen LogP contribution in [0.15, 0.2) is 30.3 Å². The lowest BCUT2D eigenvalue weighted by atomic mass is 10.1. The van der Waals surface area contributed by atoms with Crippen LogP contribution in [0.25, 0.3) is 0 Å². The minimum atomic E-state index is -1.43. The number of pyridine rings is 1. The number of hydrogen-bond acceptors (Lipinski definition) is 4. The van der Waals surface area contributed by atoms with Crippen molar-refractivity contribution < 1.29 is 18.5 Å². The second kappa shape index (κ2) is 5.80. The first-order valence-electron chi connectivity index (χ1n) is 5.46. The van der Waals surface area contributed by atoms with Crippen LogP contribution in [0.3, 0.4) is 0 Å². The van der Waals surface area contributed by atoms with Crippen molar-refractivity contribution >= 4 is 29.0 Å². The van der Waals surface area contributed by atoms with E-state index in [1.165, 1.54) is 18.2 Å². The Morgan fingerprint density at radius 2 is 2.05 bits per heavy atom. The van der Waals surface area contributed by atoms with Gasteiger partial charge in [0.2, 0.25) is 5.82 Å². The highest BCUT2D eigenvalue weighted by molar-refractivity contribution is 6.29. The van der Waals surface area contributed by atoms with Crippen LogP contribution in [0.5, 0.6) is 0 Å². The molecule has 1 aromatic heterocycles. The number of carbonyl (C=O) groups excluding carboxylic acids is 1. The van der Waals surface area contributed by atoms with E-state index >= 15 is 0 Å². The van der Waals surface area contributed by atoms with Gasteiger partial charge in [-0.2, -0.15) is 4.39 Å². The summed E-state index contributed by atoms with van der Waals surface area (Å²) in [5.74, 6) is -3.61. The van der Waals surface area contributed by atoms with E-state index < -0.39 is 33.7 Å². The Balaban J connectivity index is 2.37. The highest BCUT2D eigenvalue weighted by atomic mass is 35.5. The summed E-state index contributed by atoms with van der Waals surface area (Å²) in [6.07, 6.45) is 0. The summed E-state index contributed by atoms with van der Waals surface area (Å²) in [6, 6.07) is 5.25. The Hall–Kier alpha value is -2.61. The van der Waals surface area contributed by atoms with E-state index in [1.54, 1.807) is 0 Å². The Labute approximate surface area is 121 Å². The van der Waals surface area contributed by atoms with Crippen molar-refractivity contribution in [3.63, 3.8) is 0 Å². The van der Waals surface area contributed by atoms with Crippen LogP contribution >= 0.6 is 11.6 Å². The van der Waals surface area contributed by atoms with Crippen molar-refractivity contribution in [2.24, 2.45) is 0 Å². The van der Waals surface area contributed by atoms with E-state index in [1.807, 2.05) is 0 Å². The van der Waals surface area contributed by atoms with Gasteiger partial charge in [-0.05, 0) is 18.2 Å². The van der Waals surface area contributed by atoms with E-state index in [0.29, 0.717) is 12.1 Å². The SMILES string of the molecule is O=C(Nc1cccc(Cl)n1)c1cc(F)cc([N+](=O)[O-])c1F. The van der Waals surface area contributed by atoms with Crippen molar-refractivity contribution in [2.75, 3.05) is 5.32 Å². The maximum absolute atomic E-state index is 13.8. The molecular weight excluding hydrogens is 308 g/mol. The van der Waals surface area contributed by atoms with Crippen LogP contribution in [-0.4, -0.2) is 15.8 Å². The molecule has 0 saturated heterocycles. The molecule has 0 aliphatic rings. The van der Waals surface area contributed by atoms with Crippen molar-refractivity contribution in [3.8, 4) is 0 Å². The molecule has 0 spiro atoms. The lowest BCUT2D eigenvalue weighted by molar-refractivity contribution is -0.387. The van der Waals surface area contributed by atoms with Gasteiger partial charge in [0.15, 0.2) is 0 Å². The molecule has 108 valence electrons. The van der Waals surface area contributed by atoms with Gasteiger partial charge < -0.3 is 5.32 Å².